The van der Waals surface area contributed by atoms with Crippen LogP contribution in [0.5, 0.6) is 17.2 Å². The van der Waals surface area contributed by atoms with Gasteiger partial charge in [0.1, 0.15) is 29.5 Å². The Morgan fingerprint density at radius 3 is 2.64 bits per heavy atom. The molecule has 8 nitrogen and oxygen atoms in total. The summed E-state index contributed by atoms with van der Waals surface area (Å²) in [5.74, 6) is 0.800. The number of ether oxygens (including phenoxy) is 3. The van der Waals surface area contributed by atoms with Crippen LogP contribution in [-0.2, 0) is 14.8 Å². The molecule has 4 rings (SSSR count). The van der Waals surface area contributed by atoms with Crippen molar-refractivity contribution in [2.24, 2.45) is 0 Å². The Morgan fingerprint density at radius 2 is 1.94 bits per heavy atom. The van der Waals surface area contributed by atoms with E-state index in [-0.39, 0.29) is 0 Å². The topological polar surface area (TPSA) is 111 Å². The fourth-order valence-corrected chi connectivity index (χ4v) is 4.70. The van der Waals surface area contributed by atoms with Gasteiger partial charge < -0.3 is 19.3 Å². The van der Waals surface area contributed by atoms with Crippen LogP contribution >= 0.6 is 0 Å². The monoisotopic (exact) mass is 509 g/mol. The summed E-state index contributed by atoms with van der Waals surface area (Å²) in [6, 6.07) is 18.2. The van der Waals surface area contributed by atoms with E-state index in [4.69, 9.17) is 19.3 Å². The number of carbonyl (C=O) groups is 1. The maximum absolute atomic E-state index is 11.9. The van der Waals surface area contributed by atoms with E-state index in [1.165, 1.54) is 6.08 Å². The van der Waals surface area contributed by atoms with Crippen LogP contribution in [-0.4, -0.2) is 39.0 Å². The molecule has 36 heavy (non-hydrogen) atoms. The Labute approximate surface area is 210 Å². The number of aliphatic carboxylic acids is 1. The molecule has 1 aliphatic heterocycles. The Bertz CT molecular complexity index is 1420. The number of carboxylic acids is 1. The molecule has 2 N–H and O–H groups in total. The second-order valence-corrected chi connectivity index (χ2v) is 10.1. The third-order valence-corrected chi connectivity index (χ3v) is 6.27. The molecule has 1 aliphatic rings. The minimum Gasteiger partial charge on any atom is -0.496 e. The van der Waals surface area contributed by atoms with E-state index in [9.17, 15) is 13.2 Å². The molecule has 0 aromatic heterocycles. The highest BCUT2D eigenvalue weighted by atomic mass is 32.2. The molecule has 3 aromatic rings. The third-order valence-electron chi connectivity index (χ3n) is 5.66. The second kappa shape index (κ2) is 10.3. The summed E-state index contributed by atoms with van der Waals surface area (Å²) in [5, 5.41) is 8.93. The SMILES string of the molecule is CCC(/C=C/C(=O)O)Oc1cccc(C2Oc3cccc(OC)c3-c3ccc(NS(C)(=O)=O)cc32)c1. The lowest BCUT2D eigenvalue weighted by atomic mass is 9.88. The predicted octanol–water partition coefficient (Wildman–Crippen LogP) is 5.01. The number of carboxylic acid groups (broad SMARTS) is 1. The van der Waals surface area contributed by atoms with Crippen molar-refractivity contribution in [3.8, 4) is 28.4 Å². The molecule has 1 heterocycles. The van der Waals surface area contributed by atoms with Crippen molar-refractivity contribution in [2.45, 2.75) is 25.6 Å². The summed E-state index contributed by atoms with van der Waals surface area (Å²) in [6.45, 7) is 1.90. The Kier molecular flexibility index (Phi) is 7.21. The minimum absolute atomic E-state index is 0.411. The zero-order chi connectivity index (χ0) is 25.9. The minimum atomic E-state index is -3.48. The van der Waals surface area contributed by atoms with Gasteiger partial charge in [0.15, 0.2) is 0 Å². The van der Waals surface area contributed by atoms with Crippen molar-refractivity contribution in [1.29, 1.82) is 0 Å². The van der Waals surface area contributed by atoms with Gasteiger partial charge in [-0.3, -0.25) is 4.72 Å². The van der Waals surface area contributed by atoms with E-state index in [1.54, 1.807) is 25.3 Å². The number of rotatable bonds is 9. The van der Waals surface area contributed by atoms with Gasteiger partial charge in [0.25, 0.3) is 0 Å². The predicted molar refractivity (Wildman–Crippen MR) is 137 cm³/mol. The van der Waals surface area contributed by atoms with Gasteiger partial charge in [0.05, 0.1) is 18.9 Å². The average molecular weight is 510 g/mol. The first-order valence-electron chi connectivity index (χ1n) is 11.3. The quantitative estimate of drug-likeness (QED) is 0.390. The van der Waals surface area contributed by atoms with Gasteiger partial charge in [-0.2, -0.15) is 0 Å². The van der Waals surface area contributed by atoms with Gasteiger partial charge in [0.2, 0.25) is 10.0 Å². The summed E-state index contributed by atoms with van der Waals surface area (Å²) in [4.78, 5) is 10.9. The molecule has 9 heteroatoms. The number of fused-ring (bicyclic) bond motifs is 3. The summed E-state index contributed by atoms with van der Waals surface area (Å²) >= 11 is 0. The lowest BCUT2D eigenvalue weighted by molar-refractivity contribution is -0.131. The largest absolute Gasteiger partial charge is 0.496 e. The molecular formula is C27H27NO7S. The normalized spacial score (nSPS) is 15.4. The van der Waals surface area contributed by atoms with Crippen LogP contribution in [0, 0.1) is 0 Å². The molecule has 0 fully saturated rings. The van der Waals surface area contributed by atoms with Crippen LogP contribution in [0.15, 0.2) is 72.8 Å². The molecule has 0 bridgehead atoms. The molecule has 3 aromatic carbocycles. The van der Waals surface area contributed by atoms with Crippen LogP contribution < -0.4 is 18.9 Å². The van der Waals surface area contributed by atoms with Crippen molar-refractivity contribution < 1.29 is 32.5 Å². The molecule has 0 saturated heterocycles. The molecule has 188 valence electrons. The standard InChI is InChI=1S/C27H27NO7S/c1-4-19(12-14-25(29)30)34-20-8-5-7-17(15-20)27-22-16-18(28-36(3,31)32)11-13-21(22)26-23(33-2)9-6-10-24(26)35-27/h5-16,19,27-28H,4H2,1-3H3,(H,29,30)/b14-12+. The number of sulfonamides is 1. The lowest BCUT2D eigenvalue weighted by Crippen LogP contribution is -2.18. The van der Waals surface area contributed by atoms with Crippen LogP contribution in [0.4, 0.5) is 5.69 Å². The van der Waals surface area contributed by atoms with Crippen LogP contribution in [0.2, 0.25) is 0 Å². The van der Waals surface area contributed by atoms with E-state index in [1.807, 2.05) is 49.4 Å². The van der Waals surface area contributed by atoms with E-state index >= 15 is 0 Å². The average Bonchev–Trinajstić information content (AvgIpc) is 2.84. The number of methoxy groups -OCH3 is 1. The van der Waals surface area contributed by atoms with Gasteiger partial charge in [0, 0.05) is 22.9 Å². The van der Waals surface area contributed by atoms with Crippen molar-refractivity contribution >= 4 is 21.7 Å². The van der Waals surface area contributed by atoms with E-state index < -0.39 is 28.2 Å². The molecule has 2 unspecified atom stereocenters. The fraction of sp³-hybridized carbons (Fsp3) is 0.222. The zero-order valence-corrected chi connectivity index (χ0v) is 20.9. The van der Waals surface area contributed by atoms with E-state index in [0.29, 0.717) is 29.4 Å². The highest BCUT2D eigenvalue weighted by Crippen LogP contribution is 2.49. The highest BCUT2D eigenvalue weighted by molar-refractivity contribution is 7.92. The number of hydrogen-bond donors (Lipinski definition) is 2. The van der Waals surface area contributed by atoms with Gasteiger partial charge in [-0.05, 0) is 54.5 Å². The Hall–Kier alpha value is -3.98. The van der Waals surface area contributed by atoms with Crippen LogP contribution in [0.1, 0.15) is 30.6 Å². The van der Waals surface area contributed by atoms with Crippen LogP contribution in [0.3, 0.4) is 0 Å². The van der Waals surface area contributed by atoms with E-state index in [2.05, 4.69) is 4.72 Å². The number of hydrogen-bond acceptors (Lipinski definition) is 6. The summed E-state index contributed by atoms with van der Waals surface area (Å²) in [7, 11) is -1.89. The molecule has 0 spiro atoms. The number of nitrogens with one attached hydrogen (secondary N) is 1. The van der Waals surface area contributed by atoms with Crippen molar-refractivity contribution in [2.75, 3.05) is 18.1 Å². The number of benzene rings is 3. The van der Waals surface area contributed by atoms with Gasteiger partial charge in [-0.1, -0.05) is 31.2 Å². The van der Waals surface area contributed by atoms with Gasteiger partial charge >= 0.3 is 5.97 Å². The molecule has 0 saturated carbocycles. The second-order valence-electron chi connectivity index (χ2n) is 8.34. The molecule has 0 amide bonds. The molecule has 0 aliphatic carbocycles. The smallest absolute Gasteiger partial charge is 0.328 e. The molecule has 0 radical (unpaired) electrons. The molecular weight excluding hydrogens is 482 g/mol. The zero-order valence-electron chi connectivity index (χ0n) is 20.1. The van der Waals surface area contributed by atoms with Gasteiger partial charge in [-0.25, -0.2) is 13.2 Å². The van der Waals surface area contributed by atoms with Gasteiger partial charge in [-0.15, -0.1) is 0 Å². The number of anilines is 1. The van der Waals surface area contributed by atoms with E-state index in [0.717, 1.165) is 34.6 Å². The third kappa shape index (κ3) is 5.63. The summed E-state index contributed by atoms with van der Waals surface area (Å²) in [6.07, 6.45) is 3.30. The fourth-order valence-electron chi connectivity index (χ4n) is 4.14. The summed E-state index contributed by atoms with van der Waals surface area (Å²) < 4.78 is 44.3. The molecule has 2 atom stereocenters. The maximum atomic E-state index is 11.9. The van der Waals surface area contributed by atoms with Crippen LogP contribution in [0.25, 0.3) is 11.1 Å². The van der Waals surface area contributed by atoms with Crippen molar-refractivity contribution in [3.05, 3.63) is 83.9 Å². The Balaban J connectivity index is 1.78. The first-order chi connectivity index (χ1) is 17.2. The van der Waals surface area contributed by atoms with Crippen molar-refractivity contribution in [3.63, 3.8) is 0 Å². The summed E-state index contributed by atoms with van der Waals surface area (Å²) in [5.41, 5.74) is 3.61. The first-order valence-corrected chi connectivity index (χ1v) is 13.2. The first kappa shape index (κ1) is 25.1. The highest BCUT2D eigenvalue weighted by Gasteiger charge is 2.30. The lowest BCUT2D eigenvalue weighted by Gasteiger charge is -2.31. The van der Waals surface area contributed by atoms with Crippen molar-refractivity contribution in [1.82, 2.24) is 0 Å². The maximum Gasteiger partial charge on any atom is 0.328 e. The Morgan fingerprint density at radius 1 is 1.17 bits per heavy atom.